The van der Waals surface area contributed by atoms with Crippen LogP contribution in [0.1, 0.15) is 11.1 Å². The van der Waals surface area contributed by atoms with Gasteiger partial charge in [-0.1, -0.05) is 42.5 Å². The molecule has 1 heterocycles. The molecule has 108 valence electrons. The predicted molar refractivity (Wildman–Crippen MR) is 82.3 cm³/mol. The molecule has 2 aromatic rings. The minimum Gasteiger partial charge on any atom is -0.445 e. The van der Waals surface area contributed by atoms with Gasteiger partial charge in [0, 0.05) is 18.3 Å². The van der Waals surface area contributed by atoms with Crippen molar-refractivity contribution in [1.29, 1.82) is 0 Å². The number of alkyl carbamates (subject to hydrolysis) is 1. The number of nitrogen functional groups attached to an aromatic ring is 1. The maximum absolute atomic E-state index is 11.5. The summed E-state index contributed by atoms with van der Waals surface area (Å²) >= 11 is 0. The average molecular weight is 283 g/mol. The molecule has 1 amide bonds. The highest BCUT2D eigenvalue weighted by Gasteiger charge is 2.00. The van der Waals surface area contributed by atoms with Gasteiger partial charge in [-0.15, -0.1) is 0 Å². The average Bonchev–Trinajstić information content (AvgIpc) is 2.52. The highest BCUT2D eigenvalue weighted by Crippen LogP contribution is 2.09. The molecule has 5 heteroatoms. The number of nitrogens with two attached hydrogens (primary N) is 1. The van der Waals surface area contributed by atoms with Gasteiger partial charge in [0.25, 0.3) is 0 Å². The van der Waals surface area contributed by atoms with Crippen molar-refractivity contribution in [2.24, 2.45) is 0 Å². The van der Waals surface area contributed by atoms with Gasteiger partial charge in [0.2, 0.25) is 0 Å². The van der Waals surface area contributed by atoms with E-state index in [2.05, 4.69) is 10.3 Å². The molecule has 5 nitrogen and oxygen atoms in total. The first-order valence-electron chi connectivity index (χ1n) is 6.56. The molecular formula is C16H17N3O2. The zero-order valence-corrected chi connectivity index (χ0v) is 11.5. The van der Waals surface area contributed by atoms with Gasteiger partial charge < -0.3 is 15.8 Å². The van der Waals surface area contributed by atoms with Gasteiger partial charge in [0.1, 0.15) is 6.61 Å². The molecule has 0 bridgehead atoms. The number of carbonyl (C=O) groups is 1. The van der Waals surface area contributed by atoms with Gasteiger partial charge in [-0.2, -0.15) is 0 Å². The van der Waals surface area contributed by atoms with Crippen LogP contribution in [0.3, 0.4) is 0 Å². The van der Waals surface area contributed by atoms with Crippen molar-refractivity contribution < 1.29 is 9.53 Å². The second kappa shape index (κ2) is 7.69. The third-order valence-electron chi connectivity index (χ3n) is 2.76. The van der Waals surface area contributed by atoms with Crippen molar-refractivity contribution in [2.75, 3.05) is 12.3 Å². The largest absolute Gasteiger partial charge is 0.445 e. The quantitative estimate of drug-likeness (QED) is 0.884. The maximum Gasteiger partial charge on any atom is 0.407 e. The Kier molecular flexibility index (Phi) is 5.34. The molecular weight excluding hydrogens is 266 g/mol. The first kappa shape index (κ1) is 14.6. The Morgan fingerprint density at radius 2 is 2.10 bits per heavy atom. The summed E-state index contributed by atoms with van der Waals surface area (Å²) in [7, 11) is 0. The van der Waals surface area contributed by atoms with Crippen LogP contribution in [-0.2, 0) is 11.3 Å². The molecule has 0 spiro atoms. The SMILES string of the molecule is Nc1cnccc1C=CCNC(=O)OCc1ccccc1. The molecule has 0 aliphatic heterocycles. The molecule has 0 aliphatic rings. The molecule has 0 saturated carbocycles. The van der Waals surface area contributed by atoms with E-state index in [0.29, 0.717) is 12.2 Å². The third kappa shape index (κ3) is 4.99. The number of benzene rings is 1. The van der Waals surface area contributed by atoms with Crippen LogP contribution in [0.2, 0.25) is 0 Å². The molecule has 3 N–H and O–H groups in total. The van der Waals surface area contributed by atoms with Crippen LogP contribution in [0.25, 0.3) is 6.08 Å². The molecule has 0 unspecified atom stereocenters. The van der Waals surface area contributed by atoms with E-state index in [0.717, 1.165) is 11.1 Å². The van der Waals surface area contributed by atoms with Crippen LogP contribution in [0.4, 0.5) is 10.5 Å². The highest BCUT2D eigenvalue weighted by atomic mass is 16.5. The van der Waals surface area contributed by atoms with Crippen LogP contribution < -0.4 is 11.1 Å². The first-order valence-corrected chi connectivity index (χ1v) is 6.56. The lowest BCUT2D eigenvalue weighted by molar-refractivity contribution is 0.141. The van der Waals surface area contributed by atoms with Crippen LogP contribution >= 0.6 is 0 Å². The topological polar surface area (TPSA) is 77.2 Å². The zero-order valence-electron chi connectivity index (χ0n) is 11.5. The van der Waals surface area contributed by atoms with Gasteiger partial charge >= 0.3 is 6.09 Å². The molecule has 1 aromatic carbocycles. The molecule has 0 aliphatic carbocycles. The lowest BCUT2D eigenvalue weighted by atomic mass is 10.2. The van der Waals surface area contributed by atoms with E-state index in [9.17, 15) is 4.79 Å². The normalized spacial score (nSPS) is 10.5. The Bertz CT molecular complexity index is 612. The highest BCUT2D eigenvalue weighted by molar-refractivity contribution is 5.68. The number of anilines is 1. The van der Waals surface area contributed by atoms with Gasteiger partial charge in [-0.05, 0) is 11.6 Å². The van der Waals surface area contributed by atoms with Crippen molar-refractivity contribution >= 4 is 17.9 Å². The number of pyridine rings is 1. The van der Waals surface area contributed by atoms with Crippen LogP contribution in [-0.4, -0.2) is 17.6 Å². The summed E-state index contributed by atoms with van der Waals surface area (Å²) < 4.78 is 5.09. The van der Waals surface area contributed by atoms with Crippen LogP contribution in [0.15, 0.2) is 54.9 Å². The minimum absolute atomic E-state index is 0.258. The van der Waals surface area contributed by atoms with Gasteiger partial charge in [0.05, 0.1) is 11.9 Å². The van der Waals surface area contributed by atoms with Gasteiger partial charge in [-0.3, -0.25) is 4.98 Å². The van der Waals surface area contributed by atoms with E-state index in [1.54, 1.807) is 24.5 Å². The number of nitrogens with zero attached hydrogens (tertiary/aromatic N) is 1. The first-order chi connectivity index (χ1) is 10.3. The molecule has 21 heavy (non-hydrogen) atoms. The van der Waals surface area contributed by atoms with E-state index in [-0.39, 0.29) is 6.61 Å². The Morgan fingerprint density at radius 3 is 2.86 bits per heavy atom. The van der Waals surface area contributed by atoms with Crippen molar-refractivity contribution in [2.45, 2.75) is 6.61 Å². The fraction of sp³-hybridized carbons (Fsp3) is 0.125. The molecule has 0 radical (unpaired) electrons. The smallest absolute Gasteiger partial charge is 0.407 e. The summed E-state index contributed by atoms with van der Waals surface area (Å²) in [4.78, 5) is 15.4. The summed E-state index contributed by atoms with van der Waals surface area (Å²) in [5.74, 6) is 0. The fourth-order valence-corrected chi connectivity index (χ4v) is 1.67. The van der Waals surface area contributed by atoms with Gasteiger partial charge in [0.15, 0.2) is 0 Å². The monoisotopic (exact) mass is 283 g/mol. The second-order valence-corrected chi connectivity index (χ2v) is 4.35. The minimum atomic E-state index is -0.453. The fourth-order valence-electron chi connectivity index (χ4n) is 1.67. The number of hydrogen-bond acceptors (Lipinski definition) is 4. The molecule has 1 aromatic heterocycles. The summed E-state index contributed by atoms with van der Waals surface area (Å²) in [6.45, 7) is 0.628. The Labute approximate surface area is 123 Å². The van der Waals surface area contributed by atoms with Crippen molar-refractivity contribution in [1.82, 2.24) is 10.3 Å². The van der Waals surface area contributed by atoms with E-state index in [1.807, 2.05) is 36.4 Å². The Balaban J connectivity index is 1.71. The number of amides is 1. The van der Waals surface area contributed by atoms with Crippen molar-refractivity contribution in [3.05, 3.63) is 66.0 Å². The zero-order chi connectivity index (χ0) is 14.9. The van der Waals surface area contributed by atoms with Crippen LogP contribution in [0.5, 0.6) is 0 Å². The number of ether oxygens (including phenoxy) is 1. The van der Waals surface area contributed by atoms with Gasteiger partial charge in [-0.25, -0.2) is 4.79 Å². The lowest BCUT2D eigenvalue weighted by Crippen LogP contribution is -2.24. The molecule has 0 fully saturated rings. The summed E-state index contributed by atoms with van der Waals surface area (Å²) in [5, 5.41) is 2.64. The number of rotatable bonds is 5. The number of nitrogens with one attached hydrogen (secondary N) is 1. The summed E-state index contributed by atoms with van der Waals surface area (Å²) in [5.41, 5.74) is 8.16. The Hall–Kier alpha value is -2.82. The lowest BCUT2D eigenvalue weighted by Gasteiger charge is -2.05. The third-order valence-corrected chi connectivity index (χ3v) is 2.76. The van der Waals surface area contributed by atoms with E-state index in [4.69, 9.17) is 10.5 Å². The maximum atomic E-state index is 11.5. The van der Waals surface area contributed by atoms with Crippen molar-refractivity contribution in [3.8, 4) is 0 Å². The van der Waals surface area contributed by atoms with Crippen LogP contribution in [0, 0.1) is 0 Å². The molecule has 0 atom stereocenters. The van der Waals surface area contributed by atoms with E-state index in [1.165, 1.54) is 0 Å². The standard InChI is InChI=1S/C16H17N3O2/c17-15-11-18-10-8-14(15)7-4-9-19-16(20)21-12-13-5-2-1-3-6-13/h1-8,10-11H,9,12,17H2,(H,19,20). The number of aromatic nitrogens is 1. The number of hydrogen-bond donors (Lipinski definition) is 2. The summed E-state index contributed by atoms with van der Waals surface area (Å²) in [6.07, 6.45) is 6.43. The summed E-state index contributed by atoms with van der Waals surface area (Å²) in [6, 6.07) is 11.3. The second-order valence-electron chi connectivity index (χ2n) is 4.35. The van der Waals surface area contributed by atoms with E-state index < -0.39 is 6.09 Å². The number of carbonyl (C=O) groups excluding carboxylic acids is 1. The Morgan fingerprint density at radius 1 is 1.29 bits per heavy atom. The predicted octanol–water partition coefficient (Wildman–Crippen LogP) is 2.60. The molecule has 0 saturated heterocycles. The van der Waals surface area contributed by atoms with E-state index >= 15 is 0 Å². The van der Waals surface area contributed by atoms with Crippen molar-refractivity contribution in [3.63, 3.8) is 0 Å². The molecule has 2 rings (SSSR count).